The summed E-state index contributed by atoms with van der Waals surface area (Å²) >= 11 is 0. The normalized spacial score (nSPS) is 50.4. The van der Waals surface area contributed by atoms with Crippen LogP contribution in [0.15, 0.2) is 0 Å². The monoisotopic (exact) mass is 390 g/mol. The predicted octanol–water partition coefficient (Wildman–Crippen LogP) is 6.34. The van der Waals surface area contributed by atoms with E-state index in [2.05, 4.69) is 27.7 Å². The molecule has 4 fully saturated rings. The molecule has 4 saturated carbocycles. The van der Waals surface area contributed by atoms with E-state index in [1.54, 1.807) is 0 Å². The highest BCUT2D eigenvalue weighted by Gasteiger charge is 2.62. The third-order valence-electron chi connectivity index (χ3n) is 10.7. The lowest BCUT2D eigenvalue weighted by Crippen LogP contribution is -2.55. The molecular formula is C26H46O2. The molecule has 4 aliphatic carbocycles. The summed E-state index contributed by atoms with van der Waals surface area (Å²) in [6.45, 7) is 9.55. The quantitative estimate of drug-likeness (QED) is 0.538. The molecule has 9 atom stereocenters. The largest absolute Gasteiger partial charge is 0.393 e. The summed E-state index contributed by atoms with van der Waals surface area (Å²) in [5.41, 5.74) is 0.320. The van der Waals surface area contributed by atoms with Crippen LogP contribution in [0, 0.1) is 40.4 Å². The van der Waals surface area contributed by atoms with E-state index in [0.717, 1.165) is 42.9 Å². The molecule has 0 saturated heterocycles. The Bertz CT molecular complexity index is 557. The van der Waals surface area contributed by atoms with E-state index in [9.17, 15) is 10.2 Å². The van der Waals surface area contributed by atoms with Gasteiger partial charge >= 0.3 is 0 Å². The molecule has 0 aromatic rings. The van der Waals surface area contributed by atoms with Crippen LogP contribution < -0.4 is 0 Å². The van der Waals surface area contributed by atoms with Gasteiger partial charge in [0, 0.05) is 0 Å². The molecule has 0 heterocycles. The average molecular weight is 391 g/mol. The average Bonchev–Trinajstić information content (AvgIpc) is 3.00. The van der Waals surface area contributed by atoms with Crippen LogP contribution in [0.5, 0.6) is 0 Å². The number of hydrogen-bond acceptors (Lipinski definition) is 2. The van der Waals surface area contributed by atoms with Crippen molar-refractivity contribution in [1.82, 2.24) is 0 Å². The van der Waals surface area contributed by atoms with Gasteiger partial charge in [-0.2, -0.15) is 0 Å². The van der Waals surface area contributed by atoms with Gasteiger partial charge in [-0.1, -0.05) is 40.0 Å². The molecule has 2 heteroatoms. The molecular weight excluding hydrogens is 344 g/mol. The number of fused-ring (bicyclic) bond motifs is 5. The van der Waals surface area contributed by atoms with Crippen LogP contribution in [0.25, 0.3) is 0 Å². The molecule has 2 N–H and O–H groups in total. The first-order valence-electron chi connectivity index (χ1n) is 12.6. The van der Waals surface area contributed by atoms with Gasteiger partial charge in [0.1, 0.15) is 0 Å². The number of hydrogen-bond donors (Lipinski definition) is 2. The van der Waals surface area contributed by atoms with Crippen LogP contribution in [-0.4, -0.2) is 21.9 Å². The topological polar surface area (TPSA) is 40.5 Å². The third-order valence-corrected chi connectivity index (χ3v) is 10.7. The molecule has 0 radical (unpaired) electrons. The molecule has 4 aliphatic rings. The van der Waals surface area contributed by atoms with Crippen molar-refractivity contribution in [3.8, 4) is 0 Å². The maximum atomic E-state index is 11.5. The fourth-order valence-electron chi connectivity index (χ4n) is 9.16. The summed E-state index contributed by atoms with van der Waals surface area (Å²) in [5, 5.41) is 21.7. The zero-order valence-electron chi connectivity index (χ0n) is 19.1. The van der Waals surface area contributed by atoms with E-state index in [4.69, 9.17) is 0 Å². The van der Waals surface area contributed by atoms with Gasteiger partial charge in [-0.3, -0.25) is 0 Å². The van der Waals surface area contributed by atoms with E-state index < -0.39 is 5.60 Å². The van der Waals surface area contributed by atoms with Crippen molar-refractivity contribution in [1.29, 1.82) is 0 Å². The second kappa shape index (κ2) is 7.56. The van der Waals surface area contributed by atoms with E-state index >= 15 is 0 Å². The van der Waals surface area contributed by atoms with Crippen molar-refractivity contribution in [2.24, 2.45) is 40.4 Å². The lowest BCUT2D eigenvalue weighted by molar-refractivity contribution is -0.144. The van der Waals surface area contributed by atoms with Crippen molar-refractivity contribution in [2.45, 2.75) is 123 Å². The Kier molecular flexibility index (Phi) is 5.71. The van der Waals surface area contributed by atoms with Gasteiger partial charge in [-0.05, 0) is 112 Å². The summed E-state index contributed by atoms with van der Waals surface area (Å²) in [7, 11) is 0. The van der Waals surface area contributed by atoms with Crippen LogP contribution in [0.2, 0.25) is 0 Å². The van der Waals surface area contributed by atoms with E-state index in [1.165, 1.54) is 64.2 Å². The maximum Gasteiger partial charge on any atom is 0.0653 e. The molecule has 0 amide bonds. The SMILES string of the molecule is CCCCC[C@@](C)(O)[C@H]1CC[C@H]2[C@@H]3CC[C@H]4C[C@@H](O)CC[C@]4(C)[C@H]3CC[C@@]21C. The predicted molar refractivity (Wildman–Crippen MR) is 116 cm³/mol. The molecule has 0 aliphatic heterocycles. The van der Waals surface area contributed by atoms with Crippen molar-refractivity contribution in [3.63, 3.8) is 0 Å². The zero-order chi connectivity index (χ0) is 20.2. The lowest BCUT2D eigenvalue weighted by atomic mass is 9.44. The van der Waals surface area contributed by atoms with E-state index in [-0.39, 0.29) is 6.10 Å². The lowest BCUT2D eigenvalue weighted by Gasteiger charge is -2.61. The summed E-state index contributed by atoms with van der Waals surface area (Å²) in [6, 6.07) is 0. The summed E-state index contributed by atoms with van der Waals surface area (Å²) in [5.74, 6) is 3.78. The Balaban J connectivity index is 1.52. The first-order chi connectivity index (χ1) is 13.2. The van der Waals surface area contributed by atoms with Gasteiger partial charge in [-0.25, -0.2) is 0 Å². The molecule has 2 nitrogen and oxygen atoms in total. The zero-order valence-corrected chi connectivity index (χ0v) is 19.1. The first kappa shape index (κ1) is 21.2. The van der Waals surface area contributed by atoms with Crippen LogP contribution in [0.3, 0.4) is 0 Å². The standard InChI is InChI=1S/C26H46O2/c1-5-6-7-14-26(4,28)23-11-10-21-20-9-8-18-17-19(27)12-15-24(18,2)22(20)13-16-25(21,23)3/h18-23,27-28H,5-17H2,1-4H3/t18-,19-,20-,21-,22-,23-,24-,25-,26+/m0/s1. The molecule has 0 unspecified atom stereocenters. The Morgan fingerprint density at radius 1 is 0.893 bits per heavy atom. The van der Waals surface area contributed by atoms with Crippen molar-refractivity contribution >= 4 is 0 Å². The summed E-state index contributed by atoms with van der Waals surface area (Å²) in [6.07, 6.45) is 15.9. The first-order valence-corrected chi connectivity index (χ1v) is 12.6. The number of aliphatic hydroxyl groups is 2. The number of unbranched alkanes of at least 4 members (excludes halogenated alkanes) is 2. The highest BCUT2D eigenvalue weighted by molar-refractivity contribution is 5.11. The Hall–Kier alpha value is -0.0800. The molecule has 0 aromatic carbocycles. The van der Waals surface area contributed by atoms with Crippen molar-refractivity contribution in [2.75, 3.05) is 0 Å². The van der Waals surface area contributed by atoms with Crippen molar-refractivity contribution < 1.29 is 10.2 Å². The maximum absolute atomic E-state index is 11.5. The van der Waals surface area contributed by atoms with Crippen LogP contribution >= 0.6 is 0 Å². The Morgan fingerprint density at radius 3 is 2.36 bits per heavy atom. The fraction of sp³-hybridized carbons (Fsp3) is 1.00. The molecule has 28 heavy (non-hydrogen) atoms. The Labute approximate surface area is 173 Å². The van der Waals surface area contributed by atoms with Crippen LogP contribution in [0.1, 0.15) is 111 Å². The number of aliphatic hydroxyl groups excluding tert-OH is 1. The van der Waals surface area contributed by atoms with E-state index in [0.29, 0.717) is 16.7 Å². The second-order valence-electron chi connectivity index (χ2n) is 12.1. The molecule has 0 spiro atoms. The van der Waals surface area contributed by atoms with Gasteiger partial charge in [0.2, 0.25) is 0 Å². The molecule has 0 aromatic heterocycles. The minimum absolute atomic E-state index is 0.0439. The van der Waals surface area contributed by atoms with Gasteiger partial charge < -0.3 is 10.2 Å². The Morgan fingerprint density at radius 2 is 1.61 bits per heavy atom. The van der Waals surface area contributed by atoms with Crippen LogP contribution in [-0.2, 0) is 0 Å². The van der Waals surface area contributed by atoms with E-state index in [1.807, 2.05) is 0 Å². The highest BCUT2D eigenvalue weighted by Crippen LogP contribution is 2.68. The van der Waals surface area contributed by atoms with Gasteiger partial charge in [-0.15, -0.1) is 0 Å². The summed E-state index contributed by atoms with van der Waals surface area (Å²) in [4.78, 5) is 0. The smallest absolute Gasteiger partial charge is 0.0653 e. The fourth-order valence-corrected chi connectivity index (χ4v) is 9.16. The molecule has 162 valence electrons. The summed E-state index contributed by atoms with van der Waals surface area (Å²) < 4.78 is 0. The van der Waals surface area contributed by atoms with Gasteiger partial charge in [0.25, 0.3) is 0 Å². The third kappa shape index (κ3) is 3.29. The number of rotatable bonds is 5. The van der Waals surface area contributed by atoms with Crippen molar-refractivity contribution in [3.05, 3.63) is 0 Å². The highest BCUT2D eigenvalue weighted by atomic mass is 16.3. The minimum Gasteiger partial charge on any atom is -0.393 e. The van der Waals surface area contributed by atoms with Gasteiger partial charge in [0.05, 0.1) is 11.7 Å². The van der Waals surface area contributed by atoms with Gasteiger partial charge in [0.15, 0.2) is 0 Å². The second-order valence-corrected chi connectivity index (χ2v) is 12.1. The minimum atomic E-state index is -0.485. The molecule has 4 rings (SSSR count). The van der Waals surface area contributed by atoms with Crippen LogP contribution in [0.4, 0.5) is 0 Å². The molecule has 0 bridgehead atoms.